The van der Waals surface area contributed by atoms with Crippen LogP contribution in [0.3, 0.4) is 0 Å². The molecule has 6 nitrogen and oxygen atoms in total. The minimum absolute atomic E-state index is 0.115. The lowest BCUT2D eigenvalue weighted by molar-refractivity contribution is 0.0869. The Hall–Kier alpha value is -2.51. The van der Waals surface area contributed by atoms with Crippen molar-refractivity contribution in [3.05, 3.63) is 52.7 Å². The molecule has 0 saturated heterocycles. The van der Waals surface area contributed by atoms with E-state index in [0.29, 0.717) is 12.1 Å². The summed E-state index contributed by atoms with van der Waals surface area (Å²) < 4.78 is 0. The minimum Gasteiger partial charge on any atom is -0.394 e. The van der Waals surface area contributed by atoms with E-state index in [9.17, 15) is 9.90 Å². The van der Waals surface area contributed by atoms with E-state index in [1.807, 2.05) is 12.1 Å². The number of aromatic nitrogens is 2. The first-order chi connectivity index (χ1) is 12.4. The molecule has 2 heterocycles. The molecule has 7 heteroatoms. The number of thiophene rings is 1. The SMILES string of the molecule is Cc1cc2c(NCc3ccc(C(=O)NC(C)(C)CO)cc3)ncnc2s1. The third kappa shape index (κ3) is 4.17. The molecule has 26 heavy (non-hydrogen) atoms. The minimum atomic E-state index is -0.644. The van der Waals surface area contributed by atoms with E-state index in [2.05, 4.69) is 33.6 Å². The number of carbonyl (C=O) groups is 1. The van der Waals surface area contributed by atoms with Gasteiger partial charge in [-0.1, -0.05) is 12.1 Å². The maximum absolute atomic E-state index is 12.2. The number of nitrogens with zero attached hydrogens (tertiary/aromatic N) is 2. The fourth-order valence-corrected chi connectivity index (χ4v) is 3.34. The zero-order chi connectivity index (χ0) is 18.7. The van der Waals surface area contributed by atoms with Gasteiger partial charge in [0.25, 0.3) is 5.91 Å². The number of hydrogen-bond acceptors (Lipinski definition) is 6. The fraction of sp³-hybridized carbons (Fsp3) is 0.316. The van der Waals surface area contributed by atoms with Crippen LogP contribution >= 0.6 is 11.3 Å². The average Bonchev–Trinajstić information content (AvgIpc) is 3.00. The van der Waals surface area contributed by atoms with Crippen LogP contribution in [0.5, 0.6) is 0 Å². The van der Waals surface area contributed by atoms with Crippen LogP contribution in [0, 0.1) is 6.92 Å². The lowest BCUT2D eigenvalue weighted by atomic mass is 10.1. The average molecular weight is 370 g/mol. The van der Waals surface area contributed by atoms with Crippen LogP contribution in [0.1, 0.15) is 34.6 Å². The van der Waals surface area contributed by atoms with E-state index < -0.39 is 5.54 Å². The standard InChI is InChI=1S/C19H22N4O2S/c1-12-8-15-16(21-11-22-18(15)26-12)20-9-13-4-6-14(7-5-13)17(25)23-19(2,3)10-24/h4-8,11,24H,9-10H2,1-3H3,(H,23,25)(H,20,21,22). The van der Waals surface area contributed by atoms with Crippen molar-refractivity contribution < 1.29 is 9.90 Å². The predicted octanol–water partition coefficient (Wildman–Crippen LogP) is 3.11. The molecule has 0 unspecified atom stereocenters. The van der Waals surface area contributed by atoms with Crippen molar-refractivity contribution in [1.82, 2.24) is 15.3 Å². The Kier molecular flexibility index (Phi) is 5.20. The summed E-state index contributed by atoms with van der Waals surface area (Å²) >= 11 is 1.65. The normalized spacial score (nSPS) is 11.5. The highest BCUT2D eigenvalue weighted by Crippen LogP contribution is 2.27. The smallest absolute Gasteiger partial charge is 0.251 e. The molecule has 3 rings (SSSR count). The van der Waals surface area contributed by atoms with Gasteiger partial charge in [-0.25, -0.2) is 9.97 Å². The van der Waals surface area contributed by atoms with Crippen molar-refractivity contribution in [2.75, 3.05) is 11.9 Å². The van der Waals surface area contributed by atoms with E-state index in [1.165, 1.54) is 4.88 Å². The van der Waals surface area contributed by atoms with Crippen LogP contribution < -0.4 is 10.6 Å². The van der Waals surface area contributed by atoms with Gasteiger partial charge in [0.2, 0.25) is 0 Å². The second-order valence-corrected chi connectivity index (χ2v) is 8.08. The Labute approximate surface area is 156 Å². The second kappa shape index (κ2) is 7.39. The zero-order valence-corrected chi connectivity index (χ0v) is 15.9. The molecule has 0 atom stereocenters. The summed E-state index contributed by atoms with van der Waals surface area (Å²) in [7, 11) is 0. The molecule has 0 radical (unpaired) electrons. The molecule has 136 valence electrons. The summed E-state index contributed by atoms with van der Waals surface area (Å²) in [6.45, 7) is 6.09. The molecule has 3 aromatic rings. The molecule has 3 N–H and O–H groups in total. The molecule has 0 aliphatic heterocycles. The Morgan fingerprint density at radius 2 is 1.96 bits per heavy atom. The van der Waals surface area contributed by atoms with Gasteiger partial charge in [-0.2, -0.15) is 0 Å². The van der Waals surface area contributed by atoms with Gasteiger partial charge < -0.3 is 15.7 Å². The van der Waals surface area contributed by atoms with Crippen molar-refractivity contribution in [2.24, 2.45) is 0 Å². The summed E-state index contributed by atoms with van der Waals surface area (Å²) in [6, 6.07) is 9.46. The lowest BCUT2D eigenvalue weighted by Gasteiger charge is -2.23. The predicted molar refractivity (Wildman–Crippen MR) is 105 cm³/mol. The molecule has 0 saturated carbocycles. The first kappa shape index (κ1) is 18.3. The molecule has 0 aliphatic carbocycles. The Balaban J connectivity index is 1.67. The van der Waals surface area contributed by atoms with E-state index >= 15 is 0 Å². The Morgan fingerprint density at radius 1 is 1.23 bits per heavy atom. The van der Waals surface area contributed by atoms with Crippen LogP contribution in [0.2, 0.25) is 0 Å². The zero-order valence-electron chi connectivity index (χ0n) is 15.0. The molecule has 0 bridgehead atoms. The van der Waals surface area contributed by atoms with Gasteiger partial charge in [-0.05, 0) is 44.5 Å². The highest BCUT2D eigenvalue weighted by molar-refractivity contribution is 7.18. The maximum atomic E-state index is 12.2. The van der Waals surface area contributed by atoms with Crippen LogP contribution in [0.15, 0.2) is 36.7 Å². The number of aliphatic hydroxyl groups excluding tert-OH is 1. The summed E-state index contributed by atoms with van der Waals surface area (Å²) in [6.07, 6.45) is 1.57. The largest absolute Gasteiger partial charge is 0.394 e. The molecule has 0 fully saturated rings. The van der Waals surface area contributed by atoms with E-state index in [4.69, 9.17) is 0 Å². The number of nitrogens with one attached hydrogen (secondary N) is 2. The second-order valence-electron chi connectivity index (χ2n) is 6.84. The highest BCUT2D eigenvalue weighted by Gasteiger charge is 2.19. The van der Waals surface area contributed by atoms with Crippen molar-refractivity contribution in [2.45, 2.75) is 32.9 Å². The number of rotatable bonds is 6. The van der Waals surface area contributed by atoms with Gasteiger partial charge in [0.1, 0.15) is 17.0 Å². The summed E-state index contributed by atoms with van der Waals surface area (Å²) in [5.74, 6) is 0.612. The molecular weight excluding hydrogens is 348 g/mol. The topological polar surface area (TPSA) is 87.1 Å². The first-order valence-electron chi connectivity index (χ1n) is 8.35. The highest BCUT2D eigenvalue weighted by atomic mass is 32.1. The lowest BCUT2D eigenvalue weighted by Crippen LogP contribution is -2.46. The van der Waals surface area contributed by atoms with Crippen molar-refractivity contribution in [3.63, 3.8) is 0 Å². The van der Waals surface area contributed by atoms with Gasteiger partial charge in [-0.15, -0.1) is 11.3 Å². The van der Waals surface area contributed by atoms with Crippen molar-refractivity contribution in [3.8, 4) is 0 Å². The van der Waals surface area contributed by atoms with Crippen molar-refractivity contribution >= 4 is 33.3 Å². The maximum Gasteiger partial charge on any atom is 0.251 e. The third-order valence-corrected chi connectivity index (χ3v) is 4.93. The van der Waals surface area contributed by atoms with Crippen LogP contribution in [0.25, 0.3) is 10.2 Å². The van der Waals surface area contributed by atoms with Gasteiger partial charge in [0.05, 0.1) is 17.5 Å². The quantitative estimate of drug-likeness (QED) is 0.621. The molecule has 1 aromatic carbocycles. The van der Waals surface area contributed by atoms with Crippen molar-refractivity contribution in [1.29, 1.82) is 0 Å². The van der Waals surface area contributed by atoms with Crippen LogP contribution in [-0.4, -0.2) is 33.1 Å². The Bertz CT molecular complexity index is 919. The van der Waals surface area contributed by atoms with E-state index in [1.54, 1.807) is 43.6 Å². The van der Waals surface area contributed by atoms with Crippen LogP contribution in [-0.2, 0) is 6.54 Å². The third-order valence-electron chi connectivity index (χ3n) is 3.98. The van der Waals surface area contributed by atoms with Gasteiger partial charge >= 0.3 is 0 Å². The number of carbonyl (C=O) groups excluding carboxylic acids is 1. The number of benzene rings is 1. The Morgan fingerprint density at radius 3 is 2.65 bits per heavy atom. The monoisotopic (exact) mass is 370 g/mol. The summed E-state index contributed by atoms with van der Waals surface area (Å²) in [4.78, 5) is 23.0. The number of aryl methyl sites for hydroxylation is 1. The molecule has 1 amide bonds. The van der Waals surface area contributed by atoms with Gasteiger partial charge in [-0.3, -0.25) is 4.79 Å². The van der Waals surface area contributed by atoms with Gasteiger partial charge in [0, 0.05) is 17.0 Å². The number of anilines is 1. The molecule has 2 aromatic heterocycles. The fourth-order valence-electron chi connectivity index (χ4n) is 2.50. The number of aliphatic hydroxyl groups is 1. The first-order valence-corrected chi connectivity index (χ1v) is 9.17. The molecular formula is C19H22N4O2S. The molecule has 0 spiro atoms. The van der Waals surface area contributed by atoms with E-state index in [0.717, 1.165) is 21.6 Å². The number of hydrogen-bond donors (Lipinski definition) is 3. The molecule has 0 aliphatic rings. The summed E-state index contributed by atoms with van der Waals surface area (Å²) in [5.41, 5.74) is 0.962. The van der Waals surface area contributed by atoms with Crippen LogP contribution in [0.4, 0.5) is 5.82 Å². The van der Waals surface area contributed by atoms with E-state index in [-0.39, 0.29) is 12.5 Å². The summed E-state index contributed by atoms with van der Waals surface area (Å²) in [5, 5.41) is 16.4. The van der Waals surface area contributed by atoms with Gasteiger partial charge in [0.15, 0.2) is 0 Å². The number of amides is 1. The number of fused-ring (bicyclic) bond motifs is 1.